The second-order valence-corrected chi connectivity index (χ2v) is 7.75. The number of ether oxygens (including phenoxy) is 1. The van der Waals surface area contributed by atoms with Crippen molar-refractivity contribution in [1.29, 1.82) is 0 Å². The minimum absolute atomic E-state index is 0.586. The summed E-state index contributed by atoms with van der Waals surface area (Å²) < 4.78 is 5.82. The van der Waals surface area contributed by atoms with E-state index in [2.05, 4.69) is 33.4 Å². The molecule has 3 rings (SSSR count). The van der Waals surface area contributed by atoms with Gasteiger partial charge in [0.05, 0.1) is 18.2 Å². The number of aliphatic imine (C=N–C) groups is 2. The van der Waals surface area contributed by atoms with E-state index >= 15 is 0 Å². The average molecular weight is 387 g/mol. The SMILES string of the molecule is C=NCS/C=C(\N=C)c1csc(-c2ccc(OCC3CCCC3)nc2)n1. The Morgan fingerprint density at radius 3 is 2.88 bits per heavy atom. The number of hydrogen-bond acceptors (Lipinski definition) is 7. The Balaban J connectivity index is 1.63. The minimum atomic E-state index is 0.586. The lowest BCUT2D eigenvalue weighted by Crippen LogP contribution is -2.08. The van der Waals surface area contributed by atoms with Gasteiger partial charge in [0.25, 0.3) is 0 Å². The van der Waals surface area contributed by atoms with Crippen LogP contribution in [0.5, 0.6) is 5.88 Å². The summed E-state index contributed by atoms with van der Waals surface area (Å²) in [5, 5.41) is 4.78. The van der Waals surface area contributed by atoms with Crippen molar-refractivity contribution in [1.82, 2.24) is 9.97 Å². The van der Waals surface area contributed by atoms with E-state index in [0.717, 1.165) is 28.6 Å². The zero-order chi connectivity index (χ0) is 18.2. The maximum atomic E-state index is 5.82. The highest BCUT2D eigenvalue weighted by Crippen LogP contribution is 2.29. The van der Waals surface area contributed by atoms with Crippen molar-refractivity contribution in [2.24, 2.45) is 15.9 Å². The number of aromatic nitrogens is 2. The summed E-state index contributed by atoms with van der Waals surface area (Å²) >= 11 is 3.07. The van der Waals surface area contributed by atoms with Gasteiger partial charge in [0, 0.05) is 28.6 Å². The molecule has 0 amide bonds. The molecule has 2 aromatic rings. The van der Waals surface area contributed by atoms with E-state index in [9.17, 15) is 0 Å². The predicted octanol–water partition coefficient (Wildman–Crippen LogP) is 5.16. The Hall–Kier alpha value is -1.99. The molecule has 0 N–H and O–H groups in total. The molecule has 2 aromatic heterocycles. The largest absolute Gasteiger partial charge is 0.477 e. The first-order chi connectivity index (χ1) is 12.8. The summed E-state index contributed by atoms with van der Waals surface area (Å²) in [5.74, 6) is 1.95. The number of hydrogen-bond donors (Lipinski definition) is 0. The van der Waals surface area contributed by atoms with Crippen LogP contribution in [0.15, 0.2) is 39.1 Å². The molecule has 1 aliphatic rings. The average Bonchev–Trinajstić information content (AvgIpc) is 3.36. The third-order valence-corrected chi connectivity index (χ3v) is 5.84. The van der Waals surface area contributed by atoms with Crippen molar-refractivity contribution < 1.29 is 4.74 Å². The molecule has 0 aromatic carbocycles. The maximum Gasteiger partial charge on any atom is 0.213 e. The molecule has 26 heavy (non-hydrogen) atoms. The lowest BCUT2D eigenvalue weighted by Gasteiger charge is -2.10. The van der Waals surface area contributed by atoms with Gasteiger partial charge in [-0.25, -0.2) is 9.97 Å². The van der Waals surface area contributed by atoms with Gasteiger partial charge in [0.2, 0.25) is 5.88 Å². The first kappa shape index (κ1) is 18.8. The van der Waals surface area contributed by atoms with Gasteiger partial charge < -0.3 is 4.74 Å². The van der Waals surface area contributed by atoms with Crippen LogP contribution < -0.4 is 4.74 Å². The van der Waals surface area contributed by atoms with Crippen LogP contribution >= 0.6 is 23.1 Å². The van der Waals surface area contributed by atoms with E-state index in [1.165, 1.54) is 37.4 Å². The highest BCUT2D eigenvalue weighted by Gasteiger charge is 2.16. The van der Waals surface area contributed by atoms with Crippen molar-refractivity contribution in [3.8, 4) is 16.5 Å². The highest BCUT2D eigenvalue weighted by atomic mass is 32.2. The molecule has 0 saturated heterocycles. The van der Waals surface area contributed by atoms with Gasteiger partial charge in [-0.3, -0.25) is 9.98 Å². The molecule has 1 aliphatic carbocycles. The molecule has 0 spiro atoms. The monoisotopic (exact) mass is 386 g/mol. The van der Waals surface area contributed by atoms with Crippen LogP contribution in [0.25, 0.3) is 16.3 Å². The van der Waals surface area contributed by atoms with E-state index in [1.807, 2.05) is 29.1 Å². The van der Waals surface area contributed by atoms with E-state index in [4.69, 9.17) is 4.74 Å². The Morgan fingerprint density at radius 1 is 1.35 bits per heavy atom. The Morgan fingerprint density at radius 2 is 2.19 bits per heavy atom. The third kappa shape index (κ3) is 5.02. The number of rotatable bonds is 9. The van der Waals surface area contributed by atoms with Gasteiger partial charge in [-0.05, 0) is 38.3 Å². The molecule has 0 unspecified atom stereocenters. The Kier molecular flexibility index (Phi) is 6.96. The second-order valence-electron chi connectivity index (χ2n) is 6.07. The summed E-state index contributed by atoms with van der Waals surface area (Å²) in [7, 11) is 0. The van der Waals surface area contributed by atoms with Crippen molar-refractivity contribution in [2.45, 2.75) is 25.7 Å². The van der Waals surface area contributed by atoms with Crippen molar-refractivity contribution in [3.05, 3.63) is 34.8 Å². The molecule has 7 heteroatoms. The molecular formula is C19H22N4OS2. The number of thioether (sulfide) groups is 1. The molecule has 0 bridgehead atoms. The number of pyridine rings is 1. The maximum absolute atomic E-state index is 5.82. The van der Waals surface area contributed by atoms with E-state index in [-0.39, 0.29) is 0 Å². The van der Waals surface area contributed by atoms with Gasteiger partial charge in [-0.15, -0.1) is 23.1 Å². The van der Waals surface area contributed by atoms with Crippen LogP contribution in [0.4, 0.5) is 0 Å². The molecule has 136 valence electrons. The van der Waals surface area contributed by atoms with Crippen molar-refractivity contribution in [2.75, 3.05) is 12.5 Å². The number of nitrogens with zero attached hydrogens (tertiary/aromatic N) is 4. The van der Waals surface area contributed by atoms with Crippen LogP contribution in [-0.4, -0.2) is 35.9 Å². The third-order valence-electron chi connectivity index (χ3n) is 4.22. The van der Waals surface area contributed by atoms with Crippen LogP contribution in [0.3, 0.4) is 0 Å². The normalized spacial score (nSPS) is 15.2. The minimum Gasteiger partial charge on any atom is -0.477 e. The summed E-state index contributed by atoms with van der Waals surface area (Å²) in [5.41, 5.74) is 2.52. The standard InChI is InChI=1S/C19H22N4OS2/c1-20-13-25-11-16(21-2)17-12-26-19(23-17)15-7-8-18(22-9-15)24-10-14-5-3-4-6-14/h7-9,11-12,14H,1-6,10,13H2/b16-11-. The zero-order valence-corrected chi connectivity index (χ0v) is 16.3. The smallest absolute Gasteiger partial charge is 0.213 e. The molecule has 0 aliphatic heterocycles. The van der Waals surface area contributed by atoms with E-state index in [0.29, 0.717) is 17.7 Å². The second kappa shape index (κ2) is 9.64. The summed E-state index contributed by atoms with van der Waals surface area (Å²) in [4.78, 5) is 16.9. The van der Waals surface area contributed by atoms with Crippen molar-refractivity contribution >= 4 is 42.2 Å². The fourth-order valence-electron chi connectivity index (χ4n) is 2.84. The molecule has 5 nitrogen and oxygen atoms in total. The Bertz CT molecular complexity index is 764. The number of thiazole rings is 1. The zero-order valence-electron chi connectivity index (χ0n) is 14.6. The van der Waals surface area contributed by atoms with Crippen LogP contribution in [-0.2, 0) is 0 Å². The van der Waals surface area contributed by atoms with Gasteiger partial charge in [-0.1, -0.05) is 12.8 Å². The predicted molar refractivity (Wildman–Crippen MR) is 112 cm³/mol. The summed E-state index contributed by atoms with van der Waals surface area (Å²) in [6.45, 7) is 7.85. The first-order valence-corrected chi connectivity index (χ1v) is 10.5. The molecule has 1 fully saturated rings. The molecular weight excluding hydrogens is 364 g/mol. The fourth-order valence-corrected chi connectivity index (χ4v) is 4.18. The summed E-state index contributed by atoms with van der Waals surface area (Å²) in [6, 6.07) is 3.92. The lowest BCUT2D eigenvalue weighted by atomic mass is 10.1. The van der Waals surface area contributed by atoms with Gasteiger partial charge in [-0.2, -0.15) is 0 Å². The van der Waals surface area contributed by atoms with Crippen LogP contribution in [0, 0.1) is 5.92 Å². The molecule has 1 saturated carbocycles. The lowest BCUT2D eigenvalue weighted by molar-refractivity contribution is 0.243. The van der Waals surface area contributed by atoms with Gasteiger partial charge in [0.1, 0.15) is 10.7 Å². The summed E-state index contributed by atoms with van der Waals surface area (Å²) in [6.07, 6.45) is 7.01. The molecule has 2 heterocycles. The first-order valence-electron chi connectivity index (χ1n) is 8.56. The topological polar surface area (TPSA) is 59.7 Å². The Labute approximate surface area is 162 Å². The molecule has 0 radical (unpaired) electrons. The quantitative estimate of drug-likeness (QED) is 0.441. The fraction of sp³-hybridized carbons (Fsp3) is 0.368. The van der Waals surface area contributed by atoms with Crippen LogP contribution in [0.2, 0.25) is 0 Å². The highest BCUT2D eigenvalue weighted by molar-refractivity contribution is 8.02. The molecule has 0 atom stereocenters. The van der Waals surface area contributed by atoms with E-state index in [1.54, 1.807) is 11.3 Å². The van der Waals surface area contributed by atoms with Crippen LogP contribution in [0.1, 0.15) is 31.4 Å². The van der Waals surface area contributed by atoms with Gasteiger partial charge in [0.15, 0.2) is 0 Å². The van der Waals surface area contributed by atoms with Gasteiger partial charge >= 0.3 is 0 Å². The van der Waals surface area contributed by atoms with Crippen molar-refractivity contribution in [3.63, 3.8) is 0 Å². The van der Waals surface area contributed by atoms with E-state index < -0.39 is 0 Å².